The first-order valence-corrected chi connectivity index (χ1v) is 6.26. The molecule has 0 radical (unpaired) electrons. The van der Waals surface area contributed by atoms with E-state index in [4.69, 9.17) is 10.5 Å². The van der Waals surface area contributed by atoms with Gasteiger partial charge in [-0.15, -0.1) is 0 Å². The van der Waals surface area contributed by atoms with Gasteiger partial charge in [0.15, 0.2) is 0 Å². The third kappa shape index (κ3) is 2.13. The molecular weight excluding hydrogens is 250 g/mol. The van der Waals surface area contributed by atoms with Gasteiger partial charge in [0.05, 0.1) is 12.7 Å². The summed E-state index contributed by atoms with van der Waals surface area (Å²) in [7, 11) is 0. The summed E-state index contributed by atoms with van der Waals surface area (Å²) in [6, 6.07) is 1.49. The van der Waals surface area contributed by atoms with Crippen LogP contribution in [0.25, 0.3) is 0 Å². The Morgan fingerprint density at radius 3 is 2.79 bits per heavy atom. The molecule has 4 N–H and O–H groups in total. The monoisotopic (exact) mass is 269 g/mol. The van der Waals surface area contributed by atoms with E-state index < -0.39 is 23.6 Å². The van der Waals surface area contributed by atoms with Gasteiger partial charge in [0.2, 0.25) is 0 Å². The minimum Gasteiger partial charge on any atom is -0.393 e. The molecule has 19 heavy (non-hydrogen) atoms. The molecule has 1 aromatic heterocycles. The Morgan fingerprint density at radius 1 is 1.63 bits per heavy atom. The largest absolute Gasteiger partial charge is 0.393 e. The maximum Gasteiger partial charge on any atom is 0.351 e. The Kier molecular flexibility index (Phi) is 3.62. The van der Waals surface area contributed by atoms with Crippen LogP contribution in [-0.2, 0) is 4.74 Å². The van der Waals surface area contributed by atoms with Crippen LogP contribution < -0.4 is 11.4 Å². The molecule has 0 aliphatic carbocycles. The third-order valence-corrected chi connectivity index (χ3v) is 3.83. The van der Waals surface area contributed by atoms with Crippen molar-refractivity contribution >= 4 is 5.82 Å². The van der Waals surface area contributed by atoms with Crippen LogP contribution in [0.3, 0.4) is 0 Å². The van der Waals surface area contributed by atoms with Crippen LogP contribution in [0, 0.1) is 5.92 Å². The summed E-state index contributed by atoms with van der Waals surface area (Å²) < 4.78 is 7.05. The van der Waals surface area contributed by atoms with Crippen LogP contribution in [0.4, 0.5) is 5.82 Å². The molecule has 0 bridgehead atoms. The number of hydrogen-bond donors (Lipinski definition) is 3. The molecule has 0 amide bonds. The summed E-state index contributed by atoms with van der Waals surface area (Å²) in [5.74, 6) is -0.202. The first-order chi connectivity index (χ1) is 8.95. The lowest BCUT2D eigenvalue weighted by Gasteiger charge is -2.28. The first kappa shape index (κ1) is 14.0. The quantitative estimate of drug-likeness (QED) is 0.681. The highest BCUT2D eigenvalue weighted by Crippen LogP contribution is 2.42. The van der Waals surface area contributed by atoms with Gasteiger partial charge in [0, 0.05) is 12.1 Å². The highest BCUT2D eigenvalue weighted by molar-refractivity contribution is 5.23. The molecule has 0 aromatic carbocycles. The highest BCUT2D eigenvalue weighted by Gasteiger charge is 2.52. The number of ether oxygens (including phenoxy) is 1. The summed E-state index contributed by atoms with van der Waals surface area (Å²) >= 11 is 0. The molecule has 1 saturated heterocycles. The van der Waals surface area contributed by atoms with Crippen LogP contribution >= 0.6 is 0 Å². The maximum absolute atomic E-state index is 11.8. The molecule has 0 spiro atoms. The van der Waals surface area contributed by atoms with Crippen LogP contribution in [0.15, 0.2) is 17.1 Å². The SMILES string of the molecule is CCC1(CO)O[C@@H](n2ccc(N)nc2=O)[C@@H](C)[C@@H]1O. The van der Waals surface area contributed by atoms with Gasteiger partial charge in [0.25, 0.3) is 0 Å². The Hall–Kier alpha value is -1.44. The Labute approximate surface area is 110 Å². The fourth-order valence-electron chi connectivity index (χ4n) is 2.52. The lowest BCUT2D eigenvalue weighted by Crippen LogP contribution is -2.43. The Balaban J connectivity index is 2.39. The van der Waals surface area contributed by atoms with Crippen molar-refractivity contribution in [3.8, 4) is 0 Å². The predicted octanol–water partition coefficient (Wildman–Crippen LogP) is -0.508. The average Bonchev–Trinajstić information content (AvgIpc) is 2.64. The van der Waals surface area contributed by atoms with E-state index in [-0.39, 0.29) is 18.3 Å². The van der Waals surface area contributed by atoms with E-state index >= 15 is 0 Å². The van der Waals surface area contributed by atoms with E-state index in [1.54, 1.807) is 6.92 Å². The van der Waals surface area contributed by atoms with Crippen LogP contribution in [0.2, 0.25) is 0 Å². The van der Waals surface area contributed by atoms with Gasteiger partial charge in [-0.2, -0.15) is 4.98 Å². The molecule has 0 saturated carbocycles. The molecule has 4 atom stereocenters. The van der Waals surface area contributed by atoms with E-state index in [2.05, 4.69) is 4.98 Å². The standard InChI is InChI=1S/C12H19N3O4/c1-3-12(6-16)9(17)7(2)10(19-12)15-5-4-8(13)14-11(15)18/h4-5,7,9-10,16-17H,3,6H2,1-2H3,(H2,13,14,18)/t7-,9-,10+,12?/m0/s1. The lowest BCUT2D eigenvalue weighted by molar-refractivity contribution is -0.130. The van der Waals surface area contributed by atoms with Crippen molar-refractivity contribution in [2.24, 2.45) is 5.92 Å². The number of nitrogens with zero attached hydrogens (tertiary/aromatic N) is 2. The number of anilines is 1. The number of hydrogen-bond acceptors (Lipinski definition) is 6. The minimum atomic E-state index is -1.04. The topological polar surface area (TPSA) is 111 Å². The molecule has 2 heterocycles. The molecular formula is C12H19N3O4. The summed E-state index contributed by atoms with van der Waals surface area (Å²) in [6.45, 7) is 3.28. The van der Waals surface area contributed by atoms with Crippen molar-refractivity contribution in [1.82, 2.24) is 9.55 Å². The molecule has 1 fully saturated rings. The normalized spacial score (nSPS) is 34.6. The van der Waals surface area contributed by atoms with E-state index in [0.717, 1.165) is 0 Å². The zero-order chi connectivity index (χ0) is 14.2. The summed E-state index contributed by atoms with van der Waals surface area (Å²) in [4.78, 5) is 15.5. The second-order valence-electron chi connectivity index (χ2n) is 4.93. The zero-order valence-electron chi connectivity index (χ0n) is 11.0. The number of aliphatic hydroxyl groups is 2. The van der Waals surface area contributed by atoms with Gasteiger partial charge >= 0.3 is 5.69 Å². The summed E-state index contributed by atoms with van der Waals surface area (Å²) in [5, 5.41) is 19.7. The number of aromatic nitrogens is 2. The van der Waals surface area contributed by atoms with E-state index in [1.807, 2.05) is 6.92 Å². The van der Waals surface area contributed by atoms with Gasteiger partial charge in [-0.05, 0) is 12.5 Å². The maximum atomic E-state index is 11.8. The number of nitrogens with two attached hydrogens (primary N) is 1. The van der Waals surface area contributed by atoms with Crippen molar-refractivity contribution in [3.63, 3.8) is 0 Å². The van der Waals surface area contributed by atoms with Gasteiger partial charge < -0.3 is 20.7 Å². The minimum absolute atomic E-state index is 0.136. The van der Waals surface area contributed by atoms with E-state index in [9.17, 15) is 15.0 Å². The number of nitrogen functional groups attached to an aromatic ring is 1. The van der Waals surface area contributed by atoms with Crippen LogP contribution in [-0.4, -0.2) is 38.1 Å². The predicted molar refractivity (Wildman–Crippen MR) is 68.3 cm³/mol. The summed E-state index contributed by atoms with van der Waals surface area (Å²) in [6.07, 6.45) is 0.421. The van der Waals surface area contributed by atoms with Gasteiger partial charge in [0.1, 0.15) is 17.6 Å². The molecule has 1 unspecified atom stereocenters. The van der Waals surface area contributed by atoms with Crippen molar-refractivity contribution in [2.75, 3.05) is 12.3 Å². The first-order valence-electron chi connectivity index (χ1n) is 6.26. The van der Waals surface area contributed by atoms with E-state index in [0.29, 0.717) is 6.42 Å². The second-order valence-corrected chi connectivity index (χ2v) is 4.93. The third-order valence-electron chi connectivity index (χ3n) is 3.83. The van der Waals surface area contributed by atoms with Gasteiger partial charge in [-0.1, -0.05) is 13.8 Å². The molecule has 2 rings (SSSR count). The molecule has 7 nitrogen and oxygen atoms in total. The van der Waals surface area contributed by atoms with Crippen molar-refractivity contribution in [1.29, 1.82) is 0 Å². The fraction of sp³-hybridized carbons (Fsp3) is 0.667. The molecule has 1 aliphatic rings. The van der Waals surface area contributed by atoms with Crippen molar-refractivity contribution in [3.05, 3.63) is 22.7 Å². The lowest BCUT2D eigenvalue weighted by atomic mass is 9.89. The van der Waals surface area contributed by atoms with Gasteiger partial charge in [-0.25, -0.2) is 4.79 Å². The van der Waals surface area contributed by atoms with Crippen molar-refractivity contribution < 1.29 is 14.9 Å². The van der Waals surface area contributed by atoms with Crippen LogP contribution in [0.5, 0.6) is 0 Å². The summed E-state index contributed by atoms with van der Waals surface area (Å²) in [5.41, 5.74) is 3.87. The Bertz CT molecular complexity index is 512. The fourth-order valence-corrected chi connectivity index (χ4v) is 2.52. The highest BCUT2D eigenvalue weighted by atomic mass is 16.6. The average molecular weight is 269 g/mol. The molecule has 1 aliphatic heterocycles. The van der Waals surface area contributed by atoms with Gasteiger partial charge in [-0.3, -0.25) is 4.57 Å². The molecule has 7 heteroatoms. The Morgan fingerprint density at radius 2 is 2.32 bits per heavy atom. The molecule has 106 valence electrons. The smallest absolute Gasteiger partial charge is 0.351 e. The number of rotatable bonds is 3. The van der Waals surface area contributed by atoms with Crippen molar-refractivity contribution in [2.45, 2.75) is 38.2 Å². The van der Waals surface area contributed by atoms with E-state index in [1.165, 1.54) is 16.8 Å². The molecule has 1 aromatic rings. The second kappa shape index (κ2) is 4.92. The zero-order valence-corrected chi connectivity index (χ0v) is 11.0. The number of aliphatic hydroxyl groups excluding tert-OH is 2. The van der Waals surface area contributed by atoms with Crippen LogP contribution in [0.1, 0.15) is 26.5 Å².